The van der Waals surface area contributed by atoms with E-state index in [2.05, 4.69) is 13.2 Å². The Labute approximate surface area is 109 Å². The van der Waals surface area contributed by atoms with E-state index in [1.807, 2.05) is 0 Å². The zero-order chi connectivity index (χ0) is 13.4. The Hall–Kier alpha value is -1.58. The second-order valence-electron chi connectivity index (χ2n) is 4.49. The Bertz CT molecular complexity index is 308. The molecule has 0 radical (unpaired) electrons. The molecule has 2 amide bonds. The number of rotatable bonds is 4. The molecule has 1 rings (SSSR count). The van der Waals surface area contributed by atoms with Crippen molar-refractivity contribution < 1.29 is 9.59 Å². The molecule has 1 heterocycles. The lowest BCUT2D eigenvalue weighted by molar-refractivity contribution is -0.151. The number of amides is 2. The number of likely N-dealkylation sites (tertiary alicyclic amines) is 1. The highest BCUT2D eigenvalue weighted by molar-refractivity contribution is 6.34. The highest BCUT2D eigenvalue weighted by Crippen LogP contribution is 2.10. The summed E-state index contributed by atoms with van der Waals surface area (Å²) < 4.78 is 0. The molecular formula is C14H22N2O2. The highest BCUT2D eigenvalue weighted by Gasteiger charge is 2.26. The zero-order valence-electron chi connectivity index (χ0n) is 10.9. The maximum atomic E-state index is 12.1. The van der Waals surface area contributed by atoms with Crippen molar-refractivity contribution in [2.75, 3.05) is 26.2 Å². The Morgan fingerprint density at radius 1 is 1.00 bits per heavy atom. The van der Waals surface area contributed by atoms with E-state index in [9.17, 15) is 9.59 Å². The van der Waals surface area contributed by atoms with Gasteiger partial charge >= 0.3 is 11.8 Å². The third-order valence-corrected chi connectivity index (χ3v) is 3.06. The van der Waals surface area contributed by atoms with Crippen LogP contribution in [0.4, 0.5) is 0 Å². The molecule has 1 fully saturated rings. The zero-order valence-corrected chi connectivity index (χ0v) is 10.9. The minimum Gasteiger partial charge on any atom is -0.334 e. The molecule has 0 aromatic carbocycles. The molecule has 0 aliphatic carbocycles. The van der Waals surface area contributed by atoms with Crippen molar-refractivity contribution in [1.82, 2.24) is 9.80 Å². The van der Waals surface area contributed by atoms with E-state index in [0.29, 0.717) is 26.2 Å². The molecule has 0 spiro atoms. The maximum Gasteiger partial charge on any atom is 0.312 e. The summed E-state index contributed by atoms with van der Waals surface area (Å²) in [5.74, 6) is -0.836. The second kappa shape index (κ2) is 7.69. The maximum absolute atomic E-state index is 12.1. The molecule has 4 nitrogen and oxygen atoms in total. The van der Waals surface area contributed by atoms with E-state index in [-0.39, 0.29) is 5.91 Å². The molecule has 0 bridgehead atoms. The molecule has 1 saturated heterocycles. The molecule has 1 aliphatic heterocycles. The number of carbonyl (C=O) groups is 2. The third kappa shape index (κ3) is 4.02. The number of carbonyl (C=O) groups excluding carboxylic acids is 2. The van der Waals surface area contributed by atoms with Crippen LogP contribution in [0.1, 0.15) is 25.7 Å². The predicted octanol–water partition coefficient (Wildman–Crippen LogP) is 1.59. The molecule has 0 aromatic heterocycles. The number of nitrogens with zero attached hydrogens (tertiary/aromatic N) is 2. The molecule has 0 atom stereocenters. The lowest BCUT2D eigenvalue weighted by Crippen LogP contribution is -2.45. The molecule has 18 heavy (non-hydrogen) atoms. The van der Waals surface area contributed by atoms with Gasteiger partial charge in [-0.25, -0.2) is 0 Å². The summed E-state index contributed by atoms with van der Waals surface area (Å²) in [6.07, 6.45) is 7.50. The van der Waals surface area contributed by atoms with E-state index < -0.39 is 5.91 Å². The van der Waals surface area contributed by atoms with Crippen LogP contribution in [-0.4, -0.2) is 47.8 Å². The van der Waals surface area contributed by atoms with Gasteiger partial charge in [-0.05, 0) is 12.8 Å². The van der Waals surface area contributed by atoms with Crippen molar-refractivity contribution in [3.05, 3.63) is 25.3 Å². The summed E-state index contributed by atoms with van der Waals surface area (Å²) >= 11 is 0. The molecule has 0 unspecified atom stereocenters. The second-order valence-corrected chi connectivity index (χ2v) is 4.49. The Morgan fingerprint density at radius 3 is 1.94 bits per heavy atom. The van der Waals surface area contributed by atoms with Gasteiger partial charge in [0.15, 0.2) is 0 Å². The van der Waals surface area contributed by atoms with Gasteiger partial charge in [0.1, 0.15) is 0 Å². The average Bonchev–Trinajstić information content (AvgIpc) is 2.65. The summed E-state index contributed by atoms with van der Waals surface area (Å²) in [6.45, 7) is 9.35. The van der Waals surface area contributed by atoms with Gasteiger partial charge in [-0.3, -0.25) is 9.59 Å². The SMILES string of the molecule is C=CCN(CC=C)C(=O)C(=O)N1CCCCCC1. The van der Waals surface area contributed by atoms with Crippen LogP contribution < -0.4 is 0 Å². The first-order valence-electron chi connectivity index (χ1n) is 6.50. The highest BCUT2D eigenvalue weighted by atomic mass is 16.2. The first-order valence-corrected chi connectivity index (χ1v) is 6.50. The first kappa shape index (κ1) is 14.5. The Kier molecular flexibility index (Phi) is 6.19. The molecule has 100 valence electrons. The van der Waals surface area contributed by atoms with Gasteiger partial charge in [0, 0.05) is 26.2 Å². The number of hydrogen-bond acceptors (Lipinski definition) is 2. The van der Waals surface area contributed by atoms with E-state index in [1.54, 1.807) is 17.1 Å². The minimum atomic E-state index is -0.447. The van der Waals surface area contributed by atoms with Crippen LogP contribution in [0.2, 0.25) is 0 Å². The molecule has 0 N–H and O–H groups in total. The lowest BCUT2D eigenvalue weighted by Gasteiger charge is -2.24. The summed E-state index contributed by atoms with van der Waals surface area (Å²) in [4.78, 5) is 27.3. The van der Waals surface area contributed by atoms with Gasteiger partial charge in [0.05, 0.1) is 0 Å². The number of hydrogen-bond donors (Lipinski definition) is 0. The van der Waals surface area contributed by atoms with Gasteiger partial charge in [0.2, 0.25) is 0 Å². The van der Waals surface area contributed by atoms with Crippen molar-refractivity contribution in [3.8, 4) is 0 Å². The quantitative estimate of drug-likeness (QED) is 0.561. The molecular weight excluding hydrogens is 228 g/mol. The topological polar surface area (TPSA) is 40.6 Å². The van der Waals surface area contributed by atoms with Gasteiger partial charge < -0.3 is 9.80 Å². The van der Waals surface area contributed by atoms with Crippen molar-refractivity contribution in [3.63, 3.8) is 0 Å². The third-order valence-electron chi connectivity index (χ3n) is 3.06. The molecule has 1 aliphatic rings. The molecule has 0 saturated carbocycles. The van der Waals surface area contributed by atoms with Gasteiger partial charge in [0.25, 0.3) is 0 Å². The van der Waals surface area contributed by atoms with E-state index >= 15 is 0 Å². The Morgan fingerprint density at radius 2 is 1.50 bits per heavy atom. The fourth-order valence-electron chi connectivity index (χ4n) is 2.10. The minimum absolute atomic E-state index is 0.379. The summed E-state index contributed by atoms with van der Waals surface area (Å²) in [7, 11) is 0. The molecule has 4 heteroatoms. The van der Waals surface area contributed by atoms with Gasteiger partial charge in [-0.1, -0.05) is 25.0 Å². The van der Waals surface area contributed by atoms with E-state index in [4.69, 9.17) is 0 Å². The average molecular weight is 250 g/mol. The Balaban J connectivity index is 2.64. The van der Waals surface area contributed by atoms with Gasteiger partial charge in [-0.2, -0.15) is 0 Å². The van der Waals surface area contributed by atoms with Crippen LogP contribution in [-0.2, 0) is 9.59 Å². The van der Waals surface area contributed by atoms with Crippen LogP contribution in [0, 0.1) is 0 Å². The summed E-state index contributed by atoms with van der Waals surface area (Å²) in [5, 5.41) is 0. The largest absolute Gasteiger partial charge is 0.334 e. The standard InChI is InChI=1S/C14H22N2O2/c1-3-9-15(10-4-2)13(17)14(18)16-11-7-5-6-8-12-16/h3-4H,1-2,5-12H2. The van der Waals surface area contributed by atoms with E-state index in [0.717, 1.165) is 25.7 Å². The monoisotopic (exact) mass is 250 g/mol. The fraction of sp³-hybridized carbons (Fsp3) is 0.571. The van der Waals surface area contributed by atoms with Gasteiger partial charge in [-0.15, -0.1) is 13.2 Å². The van der Waals surface area contributed by atoms with E-state index in [1.165, 1.54) is 4.90 Å². The van der Waals surface area contributed by atoms with Crippen molar-refractivity contribution in [1.29, 1.82) is 0 Å². The van der Waals surface area contributed by atoms with Crippen molar-refractivity contribution in [2.24, 2.45) is 0 Å². The summed E-state index contributed by atoms with van der Waals surface area (Å²) in [5.41, 5.74) is 0. The molecule has 0 aromatic rings. The normalized spacial score (nSPS) is 15.7. The van der Waals surface area contributed by atoms with Crippen LogP contribution in [0.3, 0.4) is 0 Å². The fourth-order valence-corrected chi connectivity index (χ4v) is 2.10. The predicted molar refractivity (Wildman–Crippen MR) is 72.0 cm³/mol. The van der Waals surface area contributed by atoms with Crippen molar-refractivity contribution >= 4 is 11.8 Å². The van der Waals surface area contributed by atoms with Crippen LogP contribution >= 0.6 is 0 Å². The van der Waals surface area contributed by atoms with Crippen LogP contribution in [0.15, 0.2) is 25.3 Å². The summed E-state index contributed by atoms with van der Waals surface area (Å²) in [6, 6.07) is 0. The van der Waals surface area contributed by atoms with Crippen LogP contribution in [0.25, 0.3) is 0 Å². The van der Waals surface area contributed by atoms with Crippen LogP contribution in [0.5, 0.6) is 0 Å². The lowest BCUT2D eigenvalue weighted by atomic mass is 10.2. The van der Waals surface area contributed by atoms with Crippen molar-refractivity contribution in [2.45, 2.75) is 25.7 Å². The first-order chi connectivity index (χ1) is 8.70. The smallest absolute Gasteiger partial charge is 0.312 e.